The lowest BCUT2D eigenvalue weighted by Gasteiger charge is -2.28. The molecule has 0 aliphatic carbocycles. The lowest BCUT2D eigenvalue weighted by atomic mass is 10.0. The Morgan fingerprint density at radius 2 is 1.55 bits per heavy atom. The highest BCUT2D eigenvalue weighted by atomic mass is 19.1. The van der Waals surface area contributed by atoms with Crippen molar-refractivity contribution in [2.24, 2.45) is 0 Å². The van der Waals surface area contributed by atoms with Gasteiger partial charge in [0, 0.05) is 17.8 Å². The molecule has 3 aromatic rings. The van der Waals surface area contributed by atoms with Crippen molar-refractivity contribution in [3.8, 4) is 0 Å². The third-order valence-electron chi connectivity index (χ3n) is 4.99. The molecule has 29 heavy (non-hydrogen) atoms. The van der Waals surface area contributed by atoms with Gasteiger partial charge in [0.15, 0.2) is 0 Å². The first-order valence-corrected chi connectivity index (χ1v) is 9.21. The van der Waals surface area contributed by atoms with E-state index in [1.165, 1.54) is 36.4 Å². The monoisotopic (exact) mass is 392 g/mol. The minimum atomic E-state index is -0.559. The Morgan fingerprint density at radius 1 is 0.931 bits per heavy atom. The number of hydrogen-bond acceptors (Lipinski definition) is 2. The van der Waals surface area contributed by atoms with Crippen molar-refractivity contribution in [1.82, 2.24) is 4.90 Å². The van der Waals surface area contributed by atoms with Crippen LogP contribution < -0.4 is 5.32 Å². The van der Waals surface area contributed by atoms with Crippen LogP contribution in [0, 0.1) is 11.6 Å². The molecule has 6 heteroatoms. The Balaban J connectivity index is 1.59. The predicted molar refractivity (Wildman–Crippen MR) is 105 cm³/mol. The highest BCUT2D eigenvalue weighted by molar-refractivity contribution is 5.99. The quantitative estimate of drug-likeness (QED) is 0.685. The van der Waals surface area contributed by atoms with Crippen molar-refractivity contribution in [3.63, 3.8) is 0 Å². The molecule has 1 atom stereocenters. The van der Waals surface area contributed by atoms with Gasteiger partial charge in [0.1, 0.15) is 11.6 Å². The number of nitrogens with zero attached hydrogens (tertiary/aromatic N) is 1. The van der Waals surface area contributed by atoms with Crippen LogP contribution in [0.15, 0.2) is 72.8 Å². The van der Waals surface area contributed by atoms with Crippen LogP contribution in [0.2, 0.25) is 0 Å². The van der Waals surface area contributed by atoms with Gasteiger partial charge in [-0.3, -0.25) is 9.59 Å². The first-order chi connectivity index (χ1) is 14.0. The summed E-state index contributed by atoms with van der Waals surface area (Å²) in [5, 5.41) is 2.72. The lowest BCUT2D eigenvalue weighted by Crippen LogP contribution is -2.32. The van der Waals surface area contributed by atoms with Crippen molar-refractivity contribution in [1.29, 1.82) is 0 Å². The molecule has 0 saturated heterocycles. The molecule has 0 fully saturated rings. The number of carbonyl (C=O) groups is 2. The van der Waals surface area contributed by atoms with Crippen LogP contribution in [0.5, 0.6) is 0 Å². The van der Waals surface area contributed by atoms with Gasteiger partial charge < -0.3 is 10.2 Å². The standard InChI is InChI=1S/C23H18F2N2O2/c24-17-7-5-15(6-8-17)21(13-22(28)26-19-11-9-18(25)10-12-19)27-14-16-3-1-2-4-20(16)23(27)29/h1-12,21H,13-14H2,(H,26,28). The predicted octanol–water partition coefficient (Wildman–Crippen LogP) is 4.69. The maximum Gasteiger partial charge on any atom is 0.255 e. The van der Waals surface area contributed by atoms with Crippen molar-refractivity contribution in [3.05, 3.63) is 101 Å². The molecule has 0 saturated carbocycles. The Bertz CT molecular complexity index is 1050. The zero-order valence-electron chi connectivity index (χ0n) is 15.4. The fourth-order valence-corrected chi connectivity index (χ4v) is 3.54. The second-order valence-electron chi connectivity index (χ2n) is 6.92. The molecule has 1 aliphatic rings. The summed E-state index contributed by atoms with van der Waals surface area (Å²) in [5.41, 5.74) is 2.63. The van der Waals surface area contributed by atoms with Gasteiger partial charge in [0.25, 0.3) is 5.91 Å². The lowest BCUT2D eigenvalue weighted by molar-refractivity contribution is -0.117. The Hall–Kier alpha value is -3.54. The van der Waals surface area contributed by atoms with Gasteiger partial charge in [-0.25, -0.2) is 8.78 Å². The number of nitrogens with one attached hydrogen (secondary N) is 1. The van der Waals surface area contributed by atoms with E-state index in [1.807, 2.05) is 12.1 Å². The summed E-state index contributed by atoms with van der Waals surface area (Å²) in [6, 6.07) is 18.0. The van der Waals surface area contributed by atoms with E-state index in [4.69, 9.17) is 0 Å². The van der Waals surface area contributed by atoms with Crippen LogP contribution >= 0.6 is 0 Å². The third-order valence-corrected chi connectivity index (χ3v) is 4.99. The molecule has 1 aliphatic heterocycles. The summed E-state index contributed by atoms with van der Waals surface area (Å²) in [6.45, 7) is 0.376. The number of amides is 2. The number of rotatable bonds is 5. The van der Waals surface area contributed by atoms with Gasteiger partial charge in [-0.2, -0.15) is 0 Å². The van der Waals surface area contributed by atoms with Gasteiger partial charge in [-0.1, -0.05) is 30.3 Å². The van der Waals surface area contributed by atoms with Crippen LogP contribution in [-0.2, 0) is 11.3 Å². The number of anilines is 1. The summed E-state index contributed by atoms with van der Waals surface area (Å²) in [7, 11) is 0. The second-order valence-corrected chi connectivity index (χ2v) is 6.92. The molecule has 1 heterocycles. The second kappa shape index (κ2) is 7.83. The molecule has 146 valence electrons. The zero-order valence-corrected chi connectivity index (χ0v) is 15.4. The van der Waals surface area contributed by atoms with E-state index in [2.05, 4.69) is 5.32 Å². The maximum atomic E-state index is 13.4. The van der Waals surface area contributed by atoms with Gasteiger partial charge >= 0.3 is 0 Å². The summed E-state index contributed by atoms with van der Waals surface area (Å²) in [4.78, 5) is 27.2. The molecule has 1 N–H and O–H groups in total. The number of halogens is 2. The van der Waals surface area contributed by atoms with Crippen LogP contribution in [0.25, 0.3) is 0 Å². The fourth-order valence-electron chi connectivity index (χ4n) is 3.54. The average Bonchev–Trinajstić information content (AvgIpc) is 3.05. The summed E-state index contributed by atoms with van der Waals surface area (Å²) >= 11 is 0. The molecule has 4 nitrogen and oxygen atoms in total. The SMILES string of the molecule is O=C(CC(c1ccc(F)cc1)N1Cc2ccccc2C1=O)Nc1ccc(F)cc1. The molecular weight excluding hydrogens is 374 g/mol. The van der Waals surface area contributed by atoms with Crippen LogP contribution in [0.1, 0.15) is 33.9 Å². The molecule has 0 spiro atoms. The highest BCUT2D eigenvalue weighted by Gasteiger charge is 2.34. The van der Waals surface area contributed by atoms with Crippen molar-refractivity contribution < 1.29 is 18.4 Å². The van der Waals surface area contributed by atoms with E-state index in [0.29, 0.717) is 23.4 Å². The molecule has 2 amide bonds. The molecule has 4 rings (SSSR count). The van der Waals surface area contributed by atoms with Crippen molar-refractivity contribution in [2.75, 3.05) is 5.32 Å². The number of benzene rings is 3. The largest absolute Gasteiger partial charge is 0.327 e. The maximum absolute atomic E-state index is 13.4. The smallest absolute Gasteiger partial charge is 0.255 e. The van der Waals surface area contributed by atoms with Crippen LogP contribution in [-0.4, -0.2) is 16.7 Å². The van der Waals surface area contributed by atoms with E-state index in [-0.39, 0.29) is 24.1 Å². The highest BCUT2D eigenvalue weighted by Crippen LogP contribution is 2.33. The molecular formula is C23H18F2N2O2. The Labute approximate surface area is 166 Å². The van der Waals surface area contributed by atoms with Crippen molar-refractivity contribution >= 4 is 17.5 Å². The number of fused-ring (bicyclic) bond motifs is 1. The normalized spacial score (nSPS) is 13.9. The third kappa shape index (κ3) is 4.01. The molecule has 0 aromatic heterocycles. The van der Waals surface area contributed by atoms with E-state index in [1.54, 1.807) is 29.2 Å². The fraction of sp³-hybridized carbons (Fsp3) is 0.130. The first-order valence-electron chi connectivity index (χ1n) is 9.21. The molecule has 0 bridgehead atoms. The first kappa shape index (κ1) is 18.8. The average molecular weight is 392 g/mol. The molecule has 0 radical (unpaired) electrons. The van der Waals surface area contributed by atoms with E-state index in [0.717, 1.165) is 5.56 Å². The zero-order chi connectivity index (χ0) is 20.4. The van der Waals surface area contributed by atoms with Gasteiger partial charge in [-0.05, 0) is 53.6 Å². The number of carbonyl (C=O) groups excluding carboxylic acids is 2. The van der Waals surface area contributed by atoms with Gasteiger partial charge in [0.2, 0.25) is 5.91 Å². The summed E-state index contributed by atoms with van der Waals surface area (Å²) < 4.78 is 26.5. The van der Waals surface area contributed by atoms with Crippen molar-refractivity contribution in [2.45, 2.75) is 19.0 Å². The molecule has 1 unspecified atom stereocenters. The van der Waals surface area contributed by atoms with Crippen LogP contribution in [0.3, 0.4) is 0 Å². The van der Waals surface area contributed by atoms with Crippen LogP contribution in [0.4, 0.5) is 14.5 Å². The minimum Gasteiger partial charge on any atom is -0.327 e. The summed E-state index contributed by atoms with van der Waals surface area (Å²) in [6.07, 6.45) is -0.0112. The van der Waals surface area contributed by atoms with Gasteiger partial charge in [-0.15, -0.1) is 0 Å². The topological polar surface area (TPSA) is 49.4 Å². The minimum absolute atomic E-state index is 0.0112. The summed E-state index contributed by atoms with van der Waals surface area (Å²) in [5.74, 6) is -1.27. The van der Waals surface area contributed by atoms with E-state index >= 15 is 0 Å². The Kier molecular flexibility index (Phi) is 5.08. The number of hydrogen-bond donors (Lipinski definition) is 1. The Morgan fingerprint density at radius 3 is 2.21 bits per heavy atom. The van der Waals surface area contributed by atoms with E-state index in [9.17, 15) is 18.4 Å². The van der Waals surface area contributed by atoms with E-state index < -0.39 is 11.9 Å². The molecule has 3 aromatic carbocycles. The van der Waals surface area contributed by atoms with Gasteiger partial charge in [0.05, 0.1) is 12.5 Å².